The van der Waals surface area contributed by atoms with E-state index in [-0.39, 0.29) is 17.9 Å². The number of hydrogen-bond acceptors (Lipinski definition) is 2. The number of anilines is 1. The predicted octanol–water partition coefficient (Wildman–Crippen LogP) is 3.86. The maximum absolute atomic E-state index is 11.9. The fourth-order valence-electron chi connectivity index (χ4n) is 1.97. The second kappa shape index (κ2) is 5.25. The van der Waals surface area contributed by atoms with Crippen LogP contribution in [-0.2, 0) is 4.79 Å². The Morgan fingerprint density at radius 1 is 1.28 bits per heavy atom. The standard InChI is InChI=1S/C12H13Cl3N2O/c13-7-4-8(14)11(9(15)5-7)17-10(18)6-12(16)2-1-3-12/h4-5H,1-3,6,16H2,(H,17,18). The molecule has 98 valence electrons. The second-order valence-electron chi connectivity index (χ2n) is 4.69. The van der Waals surface area contributed by atoms with Crippen molar-refractivity contribution in [3.8, 4) is 0 Å². The highest BCUT2D eigenvalue weighted by molar-refractivity contribution is 6.42. The molecule has 1 aliphatic rings. The Balaban J connectivity index is 2.07. The molecule has 0 heterocycles. The van der Waals surface area contributed by atoms with Crippen molar-refractivity contribution in [2.75, 3.05) is 5.32 Å². The second-order valence-corrected chi connectivity index (χ2v) is 5.94. The number of rotatable bonds is 3. The van der Waals surface area contributed by atoms with E-state index in [0.29, 0.717) is 20.8 Å². The summed E-state index contributed by atoms with van der Waals surface area (Å²) in [5.74, 6) is -0.177. The van der Waals surface area contributed by atoms with Gasteiger partial charge in [-0.05, 0) is 31.4 Å². The Morgan fingerprint density at radius 2 is 1.83 bits per heavy atom. The van der Waals surface area contributed by atoms with E-state index in [1.165, 1.54) is 12.1 Å². The summed E-state index contributed by atoms with van der Waals surface area (Å²) in [4.78, 5) is 11.9. The van der Waals surface area contributed by atoms with Crippen molar-refractivity contribution in [1.82, 2.24) is 0 Å². The lowest BCUT2D eigenvalue weighted by molar-refractivity contribution is -0.118. The van der Waals surface area contributed by atoms with Gasteiger partial charge in [-0.2, -0.15) is 0 Å². The van der Waals surface area contributed by atoms with Gasteiger partial charge in [0.25, 0.3) is 0 Å². The fourth-order valence-corrected chi connectivity index (χ4v) is 2.88. The normalized spacial score (nSPS) is 17.1. The summed E-state index contributed by atoms with van der Waals surface area (Å²) in [5, 5.41) is 3.76. The van der Waals surface area contributed by atoms with Crippen LogP contribution in [0.5, 0.6) is 0 Å². The molecule has 0 saturated heterocycles. The minimum atomic E-state index is -0.366. The molecule has 0 aromatic heterocycles. The number of amides is 1. The summed E-state index contributed by atoms with van der Waals surface area (Å²) in [6.07, 6.45) is 3.11. The van der Waals surface area contributed by atoms with Crippen molar-refractivity contribution < 1.29 is 4.79 Å². The van der Waals surface area contributed by atoms with Gasteiger partial charge in [0.1, 0.15) is 0 Å². The third-order valence-electron chi connectivity index (χ3n) is 3.13. The van der Waals surface area contributed by atoms with E-state index in [1.807, 2.05) is 0 Å². The maximum Gasteiger partial charge on any atom is 0.226 e. The van der Waals surface area contributed by atoms with Gasteiger partial charge >= 0.3 is 0 Å². The first-order valence-corrected chi connectivity index (χ1v) is 6.76. The zero-order valence-electron chi connectivity index (χ0n) is 9.60. The summed E-state index contributed by atoms with van der Waals surface area (Å²) in [6, 6.07) is 3.07. The van der Waals surface area contributed by atoms with Crippen LogP contribution < -0.4 is 11.1 Å². The van der Waals surface area contributed by atoms with Gasteiger partial charge in [-0.1, -0.05) is 34.8 Å². The van der Waals surface area contributed by atoms with E-state index < -0.39 is 0 Å². The molecule has 0 radical (unpaired) electrons. The van der Waals surface area contributed by atoms with Crippen molar-refractivity contribution in [2.45, 2.75) is 31.2 Å². The Morgan fingerprint density at radius 3 is 2.28 bits per heavy atom. The van der Waals surface area contributed by atoms with Gasteiger partial charge in [0.2, 0.25) is 5.91 Å². The zero-order chi connectivity index (χ0) is 13.3. The van der Waals surface area contributed by atoms with Crippen LogP contribution in [-0.4, -0.2) is 11.4 Å². The largest absolute Gasteiger partial charge is 0.325 e. The summed E-state index contributed by atoms with van der Waals surface area (Å²) < 4.78 is 0. The average molecular weight is 308 g/mol. The molecule has 0 unspecified atom stereocenters. The van der Waals surface area contributed by atoms with Crippen molar-refractivity contribution in [3.05, 3.63) is 27.2 Å². The van der Waals surface area contributed by atoms with Crippen LogP contribution in [0.4, 0.5) is 5.69 Å². The van der Waals surface area contributed by atoms with Crippen LogP contribution in [0, 0.1) is 0 Å². The molecular weight excluding hydrogens is 295 g/mol. The number of nitrogens with two attached hydrogens (primary N) is 1. The fraction of sp³-hybridized carbons (Fsp3) is 0.417. The van der Waals surface area contributed by atoms with Crippen molar-refractivity contribution in [3.63, 3.8) is 0 Å². The maximum atomic E-state index is 11.9. The molecule has 18 heavy (non-hydrogen) atoms. The minimum absolute atomic E-state index is 0.177. The van der Waals surface area contributed by atoms with Gasteiger partial charge in [0.15, 0.2) is 0 Å². The van der Waals surface area contributed by atoms with Gasteiger partial charge in [-0.3, -0.25) is 4.79 Å². The number of hydrogen-bond donors (Lipinski definition) is 2. The lowest BCUT2D eigenvalue weighted by atomic mass is 9.75. The van der Waals surface area contributed by atoms with E-state index in [0.717, 1.165) is 19.3 Å². The smallest absolute Gasteiger partial charge is 0.226 e. The molecule has 0 aliphatic heterocycles. The Bertz CT molecular complexity index is 463. The van der Waals surface area contributed by atoms with Gasteiger partial charge in [0, 0.05) is 17.0 Å². The molecule has 1 aliphatic carbocycles. The highest BCUT2D eigenvalue weighted by Crippen LogP contribution is 2.35. The molecule has 0 atom stereocenters. The van der Waals surface area contributed by atoms with Crippen LogP contribution in [0.15, 0.2) is 12.1 Å². The van der Waals surface area contributed by atoms with Crippen LogP contribution in [0.3, 0.4) is 0 Å². The molecule has 6 heteroatoms. The van der Waals surface area contributed by atoms with E-state index in [1.54, 1.807) is 0 Å². The molecular formula is C12H13Cl3N2O. The molecule has 1 aromatic rings. The van der Waals surface area contributed by atoms with E-state index in [4.69, 9.17) is 40.5 Å². The Hall–Kier alpha value is -0.480. The molecule has 3 nitrogen and oxygen atoms in total. The third kappa shape index (κ3) is 3.09. The zero-order valence-corrected chi connectivity index (χ0v) is 11.9. The summed E-state index contributed by atoms with van der Waals surface area (Å²) in [7, 11) is 0. The van der Waals surface area contributed by atoms with Crippen LogP contribution in [0.1, 0.15) is 25.7 Å². The van der Waals surface area contributed by atoms with Gasteiger partial charge in [-0.15, -0.1) is 0 Å². The quantitative estimate of drug-likeness (QED) is 0.891. The van der Waals surface area contributed by atoms with Crippen LogP contribution in [0.25, 0.3) is 0 Å². The van der Waals surface area contributed by atoms with Crippen molar-refractivity contribution in [1.29, 1.82) is 0 Å². The van der Waals surface area contributed by atoms with Crippen molar-refractivity contribution in [2.24, 2.45) is 5.73 Å². The summed E-state index contributed by atoms with van der Waals surface area (Å²) >= 11 is 17.8. The molecule has 2 rings (SSSR count). The predicted molar refractivity (Wildman–Crippen MR) is 75.5 cm³/mol. The topological polar surface area (TPSA) is 55.1 Å². The number of nitrogens with one attached hydrogen (secondary N) is 1. The van der Waals surface area contributed by atoms with Crippen LogP contribution >= 0.6 is 34.8 Å². The third-order valence-corrected chi connectivity index (χ3v) is 3.95. The highest BCUT2D eigenvalue weighted by atomic mass is 35.5. The van der Waals surface area contributed by atoms with E-state index >= 15 is 0 Å². The number of benzene rings is 1. The lowest BCUT2D eigenvalue weighted by Gasteiger charge is -2.37. The number of halogens is 3. The average Bonchev–Trinajstić information content (AvgIpc) is 2.21. The number of carbonyl (C=O) groups excluding carboxylic acids is 1. The molecule has 1 amide bonds. The monoisotopic (exact) mass is 306 g/mol. The molecule has 1 saturated carbocycles. The molecule has 1 fully saturated rings. The van der Waals surface area contributed by atoms with Gasteiger partial charge in [-0.25, -0.2) is 0 Å². The molecule has 0 spiro atoms. The minimum Gasteiger partial charge on any atom is -0.325 e. The van der Waals surface area contributed by atoms with E-state index in [2.05, 4.69) is 5.32 Å². The van der Waals surface area contributed by atoms with Crippen molar-refractivity contribution >= 4 is 46.4 Å². The highest BCUT2D eigenvalue weighted by Gasteiger charge is 2.34. The summed E-state index contributed by atoms with van der Waals surface area (Å²) in [6.45, 7) is 0. The van der Waals surface area contributed by atoms with Gasteiger partial charge < -0.3 is 11.1 Å². The SMILES string of the molecule is NC1(CC(=O)Nc2c(Cl)cc(Cl)cc2Cl)CCC1. The van der Waals surface area contributed by atoms with E-state index in [9.17, 15) is 4.79 Å². The Labute approximate surface area is 121 Å². The first kappa shape index (κ1) is 13.9. The first-order valence-electron chi connectivity index (χ1n) is 5.63. The summed E-state index contributed by atoms with van der Waals surface area (Å²) in [5.41, 5.74) is 6.03. The lowest BCUT2D eigenvalue weighted by Crippen LogP contribution is -2.48. The van der Waals surface area contributed by atoms with Crippen LogP contribution in [0.2, 0.25) is 15.1 Å². The molecule has 0 bridgehead atoms. The first-order chi connectivity index (χ1) is 8.39. The molecule has 3 N–H and O–H groups in total. The molecule has 1 aromatic carbocycles. The Kier molecular flexibility index (Phi) is 4.07. The van der Waals surface area contributed by atoms with Gasteiger partial charge in [0.05, 0.1) is 15.7 Å². The number of carbonyl (C=O) groups is 1.